The van der Waals surface area contributed by atoms with Crippen LogP contribution in [0.5, 0.6) is 0 Å². The summed E-state index contributed by atoms with van der Waals surface area (Å²) in [7, 11) is 0. The van der Waals surface area contributed by atoms with Crippen molar-refractivity contribution in [2.45, 2.75) is 26.5 Å². The second-order valence-electron chi connectivity index (χ2n) is 5.16. The van der Waals surface area contributed by atoms with Gasteiger partial charge in [-0.3, -0.25) is 4.79 Å². The lowest BCUT2D eigenvalue weighted by atomic mass is 10.0. The van der Waals surface area contributed by atoms with Crippen LogP contribution >= 0.6 is 0 Å². The number of amides is 1. The van der Waals surface area contributed by atoms with E-state index >= 15 is 0 Å². The Bertz CT molecular complexity index is 635. The Labute approximate surface area is 130 Å². The largest absolute Gasteiger partial charge is 0.445 e. The first-order valence-corrected chi connectivity index (χ1v) is 7.14. The molecule has 0 bridgehead atoms. The number of hydrogen-bond donors (Lipinski definition) is 1. The number of ketones is 1. The van der Waals surface area contributed by atoms with Crippen LogP contribution in [0, 0.1) is 6.92 Å². The summed E-state index contributed by atoms with van der Waals surface area (Å²) in [6.45, 7) is 3.78. The van der Waals surface area contributed by atoms with Crippen LogP contribution in [0.1, 0.15) is 28.4 Å². The Hall–Kier alpha value is -2.62. The van der Waals surface area contributed by atoms with Gasteiger partial charge >= 0.3 is 6.09 Å². The highest BCUT2D eigenvalue weighted by Gasteiger charge is 2.17. The van der Waals surface area contributed by atoms with E-state index in [0.717, 1.165) is 11.1 Å². The van der Waals surface area contributed by atoms with E-state index in [4.69, 9.17) is 4.74 Å². The monoisotopic (exact) mass is 297 g/mol. The van der Waals surface area contributed by atoms with Crippen molar-refractivity contribution in [3.05, 3.63) is 71.3 Å². The molecule has 0 saturated heterocycles. The number of Topliss-reactive ketones (excluding diaryl/α,β-unsaturated/α-hetero) is 1. The zero-order valence-corrected chi connectivity index (χ0v) is 12.7. The van der Waals surface area contributed by atoms with Crippen LogP contribution < -0.4 is 5.32 Å². The van der Waals surface area contributed by atoms with Crippen molar-refractivity contribution in [1.82, 2.24) is 5.32 Å². The van der Waals surface area contributed by atoms with Crippen molar-refractivity contribution in [3.8, 4) is 0 Å². The molecule has 1 atom stereocenters. The summed E-state index contributed by atoms with van der Waals surface area (Å²) in [6.07, 6.45) is -0.600. The average Bonchev–Trinajstić information content (AvgIpc) is 2.54. The van der Waals surface area contributed by atoms with E-state index in [1.54, 1.807) is 19.1 Å². The van der Waals surface area contributed by atoms with E-state index in [-0.39, 0.29) is 12.4 Å². The molecule has 1 amide bonds. The van der Waals surface area contributed by atoms with Crippen molar-refractivity contribution in [2.75, 3.05) is 0 Å². The molecule has 4 heteroatoms. The quantitative estimate of drug-likeness (QED) is 0.859. The van der Waals surface area contributed by atoms with Crippen LogP contribution in [0.2, 0.25) is 0 Å². The van der Waals surface area contributed by atoms with E-state index in [2.05, 4.69) is 5.32 Å². The molecule has 0 aliphatic heterocycles. The van der Waals surface area contributed by atoms with Crippen molar-refractivity contribution in [3.63, 3.8) is 0 Å². The number of hydrogen-bond acceptors (Lipinski definition) is 3. The normalized spacial score (nSPS) is 11.5. The van der Waals surface area contributed by atoms with Gasteiger partial charge in [0.1, 0.15) is 6.61 Å². The summed E-state index contributed by atoms with van der Waals surface area (Å²) < 4.78 is 5.10. The molecule has 0 radical (unpaired) electrons. The molecule has 0 aliphatic rings. The first-order chi connectivity index (χ1) is 10.6. The summed E-state index contributed by atoms with van der Waals surface area (Å²) in [5.41, 5.74) is 2.55. The topological polar surface area (TPSA) is 55.4 Å². The van der Waals surface area contributed by atoms with Gasteiger partial charge in [-0.2, -0.15) is 0 Å². The molecule has 0 heterocycles. The number of rotatable bonds is 5. The summed E-state index contributed by atoms with van der Waals surface area (Å²) >= 11 is 0. The fourth-order valence-corrected chi connectivity index (χ4v) is 1.97. The number of aryl methyl sites for hydroxylation is 1. The molecule has 2 aromatic carbocycles. The van der Waals surface area contributed by atoms with Crippen molar-refractivity contribution in [1.29, 1.82) is 0 Å². The zero-order valence-electron chi connectivity index (χ0n) is 12.7. The van der Waals surface area contributed by atoms with Crippen molar-refractivity contribution in [2.24, 2.45) is 0 Å². The highest BCUT2D eigenvalue weighted by Crippen LogP contribution is 2.07. The van der Waals surface area contributed by atoms with Crippen molar-refractivity contribution < 1.29 is 14.3 Å². The maximum Gasteiger partial charge on any atom is 0.408 e. The Balaban J connectivity index is 1.85. The molecule has 2 rings (SSSR count). The minimum absolute atomic E-state index is 0.142. The van der Waals surface area contributed by atoms with Gasteiger partial charge in [0.15, 0.2) is 5.78 Å². The van der Waals surface area contributed by atoms with Crippen LogP contribution in [-0.4, -0.2) is 17.9 Å². The molecule has 114 valence electrons. The molecular weight excluding hydrogens is 278 g/mol. The predicted octanol–water partition coefficient (Wildman–Crippen LogP) is 3.49. The van der Waals surface area contributed by atoms with Gasteiger partial charge in [-0.05, 0) is 19.4 Å². The molecular formula is C18H19NO3. The molecule has 1 N–H and O–H groups in total. The van der Waals surface area contributed by atoms with Gasteiger partial charge in [0.05, 0.1) is 6.04 Å². The van der Waals surface area contributed by atoms with E-state index in [9.17, 15) is 9.59 Å². The number of benzene rings is 2. The van der Waals surface area contributed by atoms with Crippen LogP contribution in [0.15, 0.2) is 54.6 Å². The zero-order chi connectivity index (χ0) is 15.9. The highest BCUT2D eigenvalue weighted by molar-refractivity contribution is 6.01. The van der Waals surface area contributed by atoms with Gasteiger partial charge < -0.3 is 10.1 Å². The number of carbonyl (C=O) groups excluding carboxylic acids is 2. The minimum Gasteiger partial charge on any atom is -0.445 e. The summed E-state index contributed by atoms with van der Waals surface area (Å²) in [5.74, 6) is -0.142. The number of ether oxygens (including phenoxy) is 1. The van der Waals surface area contributed by atoms with Crippen LogP contribution in [0.4, 0.5) is 4.79 Å². The first kappa shape index (κ1) is 15.8. The van der Waals surface area contributed by atoms with E-state index in [1.807, 2.05) is 49.4 Å². The maximum atomic E-state index is 12.2. The lowest BCUT2D eigenvalue weighted by Gasteiger charge is -2.13. The molecule has 1 unspecified atom stereocenters. The lowest BCUT2D eigenvalue weighted by Crippen LogP contribution is -2.38. The third-order valence-electron chi connectivity index (χ3n) is 3.28. The Morgan fingerprint density at radius 3 is 2.32 bits per heavy atom. The second-order valence-corrected chi connectivity index (χ2v) is 5.16. The number of nitrogens with one attached hydrogen (secondary N) is 1. The molecule has 0 spiro atoms. The van der Waals surface area contributed by atoms with Gasteiger partial charge in [0.25, 0.3) is 0 Å². The molecule has 0 saturated carbocycles. The fraction of sp³-hybridized carbons (Fsp3) is 0.222. The van der Waals surface area contributed by atoms with Crippen LogP contribution in [-0.2, 0) is 11.3 Å². The molecule has 0 aromatic heterocycles. The van der Waals surface area contributed by atoms with Gasteiger partial charge in [-0.1, -0.05) is 60.2 Å². The Kier molecular flexibility index (Phi) is 5.31. The molecule has 2 aromatic rings. The first-order valence-electron chi connectivity index (χ1n) is 7.14. The third-order valence-corrected chi connectivity index (χ3v) is 3.28. The predicted molar refractivity (Wildman–Crippen MR) is 84.7 cm³/mol. The van der Waals surface area contributed by atoms with Crippen molar-refractivity contribution >= 4 is 11.9 Å². The summed E-state index contributed by atoms with van der Waals surface area (Å²) in [5, 5.41) is 2.55. The summed E-state index contributed by atoms with van der Waals surface area (Å²) in [4.78, 5) is 23.9. The van der Waals surface area contributed by atoms with Crippen LogP contribution in [0.25, 0.3) is 0 Å². The minimum atomic E-state index is -0.633. The number of alkyl carbamates (subject to hydrolysis) is 1. The van der Waals surface area contributed by atoms with Gasteiger partial charge in [0.2, 0.25) is 0 Å². The standard InChI is InChI=1S/C18H19NO3/c1-13-8-10-16(11-9-13)17(20)14(2)19-18(21)22-12-15-6-4-3-5-7-15/h3-11,14H,12H2,1-2H3,(H,19,21). The summed E-state index contributed by atoms with van der Waals surface area (Å²) in [6, 6.07) is 16.0. The average molecular weight is 297 g/mol. The van der Waals surface area contributed by atoms with E-state index in [1.165, 1.54) is 0 Å². The Morgan fingerprint density at radius 1 is 1.05 bits per heavy atom. The van der Waals surface area contributed by atoms with E-state index in [0.29, 0.717) is 5.56 Å². The molecule has 22 heavy (non-hydrogen) atoms. The Morgan fingerprint density at radius 2 is 1.68 bits per heavy atom. The van der Waals surface area contributed by atoms with Crippen LogP contribution in [0.3, 0.4) is 0 Å². The molecule has 4 nitrogen and oxygen atoms in total. The smallest absolute Gasteiger partial charge is 0.408 e. The fourth-order valence-electron chi connectivity index (χ4n) is 1.97. The van der Waals surface area contributed by atoms with E-state index < -0.39 is 12.1 Å². The molecule has 0 aliphatic carbocycles. The maximum absolute atomic E-state index is 12.2. The van der Waals surface area contributed by atoms with Gasteiger partial charge in [-0.15, -0.1) is 0 Å². The lowest BCUT2D eigenvalue weighted by molar-refractivity contribution is 0.0926. The SMILES string of the molecule is Cc1ccc(C(=O)C(C)NC(=O)OCc2ccccc2)cc1. The third kappa shape index (κ3) is 4.45. The second kappa shape index (κ2) is 7.41. The van der Waals surface area contributed by atoms with Gasteiger partial charge in [-0.25, -0.2) is 4.79 Å². The number of carbonyl (C=O) groups is 2. The van der Waals surface area contributed by atoms with Gasteiger partial charge in [0, 0.05) is 5.56 Å². The highest BCUT2D eigenvalue weighted by atomic mass is 16.5. The molecule has 0 fully saturated rings.